The summed E-state index contributed by atoms with van der Waals surface area (Å²) in [4.78, 5) is 2.44. The van der Waals surface area contributed by atoms with Crippen molar-refractivity contribution in [1.29, 1.82) is 0 Å². The maximum absolute atomic E-state index is 2.46. The topological polar surface area (TPSA) is 3.24 Å². The van der Waals surface area contributed by atoms with Crippen molar-refractivity contribution in [1.82, 2.24) is 0 Å². The summed E-state index contributed by atoms with van der Waals surface area (Å²) in [6, 6.07) is 97.5. The largest absolute Gasteiger partial charge is 0.310 e. The molecule has 0 saturated heterocycles. The molecule has 3 aliphatic carbocycles. The van der Waals surface area contributed by atoms with Crippen molar-refractivity contribution in [2.24, 2.45) is 0 Å². The molecule has 67 heavy (non-hydrogen) atoms. The van der Waals surface area contributed by atoms with Crippen LogP contribution in [0.15, 0.2) is 261 Å². The second-order valence-electron chi connectivity index (χ2n) is 18.3. The molecule has 1 heteroatoms. The monoisotopic (exact) mass is 849 g/mol. The van der Waals surface area contributed by atoms with Gasteiger partial charge in [0.05, 0.1) is 10.8 Å². The summed E-state index contributed by atoms with van der Waals surface area (Å²) in [7, 11) is 0. The van der Waals surface area contributed by atoms with Gasteiger partial charge in [0.1, 0.15) is 0 Å². The fourth-order valence-corrected chi connectivity index (χ4v) is 12.4. The van der Waals surface area contributed by atoms with Gasteiger partial charge < -0.3 is 4.90 Å². The van der Waals surface area contributed by atoms with E-state index in [0.717, 1.165) is 17.1 Å². The lowest BCUT2D eigenvalue weighted by Crippen LogP contribution is -2.43. The highest BCUT2D eigenvalue weighted by Gasteiger charge is 2.58. The van der Waals surface area contributed by atoms with Crippen LogP contribution in [0.3, 0.4) is 0 Å². The van der Waals surface area contributed by atoms with E-state index >= 15 is 0 Å². The van der Waals surface area contributed by atoms with Crippen LogP contribution in [0.1, 0.15) is 44.5 Å². The molecule has 0 bridgehead atoms. The van der Waals surface area contributed by atoms with Crippen molar-refractivity contribution < 1.29 is 0 Å². The van der Waals surface area contributed by atoms with Gasteiger partial charge in [0.15, 0.2) is 0 Å². The molecule has 0 amide bonds. The number of nitrogens with zero attached hydrogens (tertiary/aromatic N) is 1. The number of anilines is 3. The van der Waals surface area contributed by atoms with Crippen molar-refractivity contribution in [3.05, 3.63) is 305 Å². The van der Waals surface area contributed by atoms with Crippen LogP contribution in [0.25, 0.3) is 55.3 Å². The van der Waals surface area contributed by atoms with Crippen LogP contribution in [0.5, 0.6) is 0 Å². The molecule has 0 unspecified atom stereocenters. The third kappa shape index (κ3) is 5.26. The summed E-state index contributed by atoms with van der Waals surface area (Å²) < 4.78 is 0. The van der Waals surface area contributed by atoms with Crippen molar-refractivity contribution >= 4 is 27.8 Å². The number of hydrogen-bond acceptors (Lipinski definition) is 1. The SMILES string of the molecule is c1ccc(-c2ccc(-c3ccc(N(c4ccc5c(c4)-c4ccccc4C54c5ccccc5C5(c6ccccc6-c6ccccc65)c5ccccc54)c4ccc5ccccc5c4)cc3)cc2)cc1. The Bertz CT molecular complexity index is 3650. The highest BCUT2D eigenvalue weighted by Crippen LogP contribution is 2.67. The summed E-state index contributed by atoms with van der Waals surface area (Å²) in [5.74, 6) is 0. The molecule has 3 aliphatic rings. The Kier molecular flexibility index (Phi) is 8.18. The zero-order valence-electron chi connectivity index (χ0n) is 36.8. The number of benzene rings is 11. The van der Waals surface area contributed by atoms with E-state index in [1.807, 2.05) is 0 Å². The van der Waals surface area contributed by atoms with Crippen molar-refractivity contribution in [2.75, 3.05) is 4.90 Å². The molecule has 0 radical (unpaired) electrons. The molecule has 0 saturated carbocycles. The van der Waals surface area contributed by atoms with E-state index < -0.39 is 10.8 Å². The lowest BCUT2D eigenvalue weighted by atomic mass is 9.52. The second kappa shape index (κ2) is 14.5. The average molecular weight is 850 g/mol. The number of fused-ring (bicyclic) bond motifs is 17. The molecule has 11 aromatic carbocycles. The van der Waals surface area contributed by atoms with Gasteiger partial charge in [0.25, 0.3) is 0 Å². The molecule has 14 rings (SSSR count). The molecule has 11 aromatic rings. The standard InChI is InChI=1S/C66H43N/c1-2-16-44(17-3-1)46-30-32-47(33-31-46)48-34-37-50(38-35-48)67(51-39-36-45-18-4-5-19-49(45)42-51)52-40-41-60-56(43-52)55-22-8-11-25-59(55)66(60)63-28-14-12-26-61(63)65(62-27-13-15-29-64(62)66)57-23-9-6-20-53(57)54-21-7-10-24-58(54)65/h1-43H. The van der Waals surface area contributed by atoms with Crippen LogP contribution >= 0.6 is 0 Å². The van der Waals surface area contributed by atoms with Crippen LogP contribution in [0, 0.1) is 0 Å². The minimum atomic E-state index is -0.541. The fraction of sp³-hybridized carbons (Fsp3) is 0.0303. The molecular formula is C66H43N. The summed E-state index contributed by atoms with van der Waals surface area (Å²) in [5, 5.41) is 2.44. The number of hydrogen-bond donors (Lipinski definition) is 0. The van der Waals surface area contributed by atoms with Crippen LogP contribution in [0.2, 0.25) is 0 Å². The van der Waals surface area contributed by atoms with Gasteiger partial charge in [-0.15, -0.1) is 0 Å². The molecule has 0 fully saturated rings. The lowest BCUT2D eigenvalue weighted by molar-refractivity contribution is 0.633. The van der Waals surface area contributed by atoms with Crippen molar-refractivity contribution in [2.45, 2.75) is 10.8 Å². The maximum Gasteiger partial charge on any atom is 0.0720 e. The highest BCUT2D eigenvalue weighted by molar-refractivity contribution is 5.96. The van der Waals surface area contributed by atoms with Gasteiger partial charge in [0, 0.05) is 17.1 Å². The molecule has 2 spiro atoms. The minimum Gasteiger partial charge on any atom is -0.310 e. The van der Waals surface area contributed by atoms with E-state index in [4.69, 9.17) is 0 Å². The number of rotatable bonds is 5. The fourth-order valence-electron chi connectivity index (χ4n) is 12.4. The summed E-state index contributed by atoms with van der Waals surface area (Å²) >= 11 is 0. The Morgan fingerprint density at radius 2 is 0.552 bits per heavy atom. The molecule has 0 N–H and O–H groups in total. The Hall–Kier alpha value is -8.52. The Balaban J connectivity index is 0.963. The quantitative estimate of drug-likeness (QED) is 0.167. The Morgan fingerprint density at radius 1 is 0.209 bits per heavy atom. The Morgan fingerprint density at radius 3 is 1.07 bits per heavy atom. The van der Waals surface area contributed by atoms with Gasteiger partial charge >= 0.3 is 0 Å². The molecule has 0 heterocycles. The first-order chi connectivity index (χ1) is 33.2. The highest BCUT2D eigenvalue weighted by atomic mass is 15.1. The molecule has 0 aliphatic heterocycles. The van der Waals surface area contributed by atoms with E-state index in [0.29, 0.717) is 0 Å². The van der Waals surface area contributed by atoms with Crippen LogP contribution in [-0.2, 0) is 10.8 Å². The second-order valence-corrected chi connectivity index (χ2v) is 18.3. The van der Waals surface area contributed by atoms with Gasteiger partial charge in [-0.05, 0) is 136 Å². The van der Waals surface area contributed by atoms with E-state index in [1.165, 1.54) is 99.8 Å². The van der Waals surface area contributed by atoms with Gasteiger partial charge in [-0.25, -0.2) is 0 Å². The van der Waals surface area contributed by atoms with E-state index in [2.05, 4.69) is 266 Å². The van der Waals surface area contributed by atoms with Crippen LogP contribution in [0.4, 0.5) is 17.1 Å². The summed E-state index contributed by atoms with van der Waals surface area (Å²) in [6.45, 7) is 0. The van der Waals surface area contributed by atoms with E-state index in [9.17, 15) is 0 Å². The smallest absolute Gasteiger partial charge is 0.0720 e. The predicted molar refractivity (Wildman–Crippen MR) is 278 cm³/mol. The van der Waals surface area contributed by atoms with Crippen molar-refractivity contribution in [3.8, 4) is 44.5 Å². The van der Waals surface area contributed by atoms with Gasteiger partial charge in [-0.3, -0.25) is 0 Å². The molecular weight excluding hydrogens is 807 g/mol. The summed E-state index contributed by atoms with van der Waals surface area (Å²) in [5.41, 5.74) is 23.1. The third-order valence-electron chi connectivity index (χ3n) is 15.2. The first-order valence-electron chi connectivity index (χ1n) is 23.4. The van der Waals surface area contributed by atoms with E-state index in [-0.39, 0.29) is 0 Å². The first kappa shape index (κ1) is 37.8. The zero-order chi connectivity index (χ0) is 44.1. The van der Waals surface area contributed by atoms with Gasteiger partial charge in [0.2, 0.25) is 0 Å². The molecule has 0 atom stereocenters. The first-order valence-corrected chi connectivity index (χ1v) is 23.4. The van der Waals surface area contributed by atoms with Crippen LogP contribution < -0.4 is 4.90 Å². The maximum atomic E-state index is 2.46. The average Bonchev–Trinajstić information content (AvgIpc) is 3.87. The molecule has 0 aromatic heterocycles. The van der Waals surface area contributed by atoms with E-state index in [1.54, 1.807) is 0 Å². The van der Waals surface area contributed by atoms with Gasteiger partial charge in [-0.2, -0.15) is 0 Å². The summed E-state index contributed by atoms with van der Waals surface area (Å²) in [6.07, 6.45) is 0. The minimum absolute atomic E-state index is 0.466. The Labute approximate surface area is 391 Å². The van der Waals surface area contributed by atoms with Crippen LogP contribution in [-0.4, -0.2) is 0 Å². The normalized spacial score (nSPS) is 13.9. The molecule has 312 valence electrons. The van der Waals surface area contributed by atoms with Crippen molar-refractivity contribution in [3.63, 3.8) is 0 Å². The predicted octanol–water partition coefficient (Wildman–Crippen LogP) is 16.7. The van der Waals surface area contributed by atoms with Gasteiger partial charge in [-0.1, -0.05) is 224 Å². The third-order valence-corrected chi connectivity index (χ3v) is 15.2. The molecule has 1 nitrogen and oxygen atoms in total. The zero-order valence-corrected chi connectivity index (χ0v) is 36.8. The lowest BCUT2D eigenvalue weighted by Gasteiger charge is -2.48.